The Morgan fingerprint density at radius 2 is 1.52 bits per heavy atom. The molecular formula is C18H19N3O6S2. The normalized spacial score (nSPS) is 11.0. The van der Waals surface area contributed by atoms with Crippen LogP contribution in [-0.4, -0.2) is 47.1 Å². The number of hydrogen-bond acceptors (Lipinski definition) is 9. The molecule has 154 valence electrons. The Bertz CT molecular complexity index is 1090. The number of ether oxygens (including phenoxy) is 4. The lowest BCUT2D eigenvalue weighted by atomic mass is 10.2. The monoisotopic (exact) mass is 437 g/mol. The molecule has 11 heteroatoms. The highest BCUT2D eigenvalue weighted by atomic mass is 32.2. The Labute approximate surface area is 172 Å². The number of sulfonamides is 1. The summed E-state index contributed by atoms with van der Waals surface area (Å²) in [7, 11) is 1.80. The second-order valence-corrected chi connectivity index (χ2v) is 8.17. The van der Waals surface area contributed by atoms with Crippen molar-refractivity contribution >= 4 is 26.5 Å². The maximum Gasteiger partial charge on any atom is 0.271 e. The van der Waals surface area contributed by atoms with Crippen LogP contribution >= 0.6 is 11.3 Å². The molecule has 0 spiro atoms. The van der Waals surface area contributed by atoms with Crippen LogP contribution in [0.3, 0.4) is 0 Å². The predicted molar refractivity (Wildman–Crippen MR) is 109 cm³/mol. The molecule has 1 heterocycles. The second-order valence-electron chi connectivity index (χ2n) is 5.58. The Balaban J connectivity index is 1.97. The largest absolute Gasteiger partial charge is 0.497 e. The summed E-state index contributed by atoms with van der Waals surface area (Å²) in [6.07, 6.45) is 0. The summed E-state index contributed by atoms with van der Waals surface area (Å²) in [5.74, 6) is 1.46. The van der Waals surface area contributed by atoms with E-state index in [0.29, 0.717) is 22.1 Å². The van der Waals surface area contributed by atoms with Crippen molar-refractivity contribution in [3.8, 4) is 33.6 Å². The van der Waals surface area contributed by atoms with E-state index in [1.54, 1.807) is 31.4 Å². The molecule has 0 radical (unpaired) electrons. The summed E-state index contributed by atoms with van der Waals surface area (Å²) in [4.78, 5) is -0.124. The van der Waals surface area contributed by atoms with Crippen LogP contribution in [0.5, 0.6) is 23.0 Å². The van der Waals surface area contributed by atoms with Gasteiger partial charge in [0.05, 0.1) is 34.0 Å². The zero-order valence-electron chi connectivity index (χ0n) is 16.1. The van der Waals surface area contributed by atoms with Crippen molar-refractivity contribution in [3.05, 3.63) is 36.4 Å². The fraction of sp³-hybridized carbons (Fsp3) is 0.222. The first-order valence-electron chi connectivity index (χ1n) is 8.23. The highest BCUT2D eigenvalue weighted by molar-refractivity contribution is 7.93. The van der Waals surface area contributed by atoms with Gasteiger partial charge in [-0.3, -0.25) is 4.72 Å². The number of rotatable bonds is 8. The van der Waals surface area contributed by atoms with Crippen LogP contribution < -0.4 is 23.7 Å². The molecule has 3 aromatic rings. The molecule has 0 aliphatic heterocycles. The second kappa shape index (κ2) is 8.53. The van der Waals surface area contributed by atoms with Crippen LogP contribution in [0.1, 0.15) is 0 Å². The first-order chi connectivity index (χ1) is 13.9. The molecule has 0 bridgehead atoms. The van der Waals surface area contributed by atoms with Crippen molar-refractivity contribution in [1.82, 2.24) is 10.2 Å². The van der Waals surface area contributed by atoms with Crippen LogP contribution in [-0.2, 0) is 10.0 Å². The van der Waals surface area contributed by atoms with Crippen molar-refractivity contribution < 1.29 is 27.4 Å². The number of nitrogens with one attached hydrogen (secondary N) is 1. The van der Waals surface area contributed by atoms with Crippen LogP contribution in [0, 0.1) is 0 Å². The van der Waals surface area contributed by atoms with Gasteiger partial charge in [0.15, 0.2) is 9.90 Å². The van der Waals surface area contributed by atoms with Gasteiger partial charge in [-0.15, -0.1) is 10.2 Å². The van der Waals surface area contributed by atoms with Gasteiger partial charge in [0.25, 0.3) is 10.0 Å². The Morgan fingerprint density at radius 3 is 2.10 bits per heavy atom. The topological polar surface area (TPSA) is 109 Å². The molecule has 3 rings (SSSR count). The summed E-state index contributed by atoms with van der Waals surface area (Å²) in [5.41, 5.74) is 0.629. The molecule has 0 unspecified atom stereocenters. The third-order valence-electron chi connectivity index (χ3n) is 3.94. The van der Waals surface area contributed by atoms with Gasteiger partial charge in [-0.1, -0.05) is 17.4 Å². The van der Waals surface area contributed by atoms with Gasteiger partial charge in [-0.25, -0.2) is 8.42 Å². The lowest BCUT2D eigenvalue weighted by Gasteiger charge is -2.13. The van der Waals surface area contributed by atoms with Gasteiger partial charge in [-0.05, 0) is 30.3 Å². The Morgan fingerprint density at radius 1 is 0.862 bits per heavy atom. The number of methoxy groups -OCH3 is 4. The zero-order valence-corrected chi connectivity index (χ0v) is 17.8. The molecule has 0 saturated heterocycles. The molecule has 0 aliphatic carbocycles. The highest BCUT2D eigenvalue weighted by Crippen LogP contribution is 2.38. The van der Waals surface area contributed by atoms with Gasteiger partial charge in [0, 0.05) is 0 Å². The third-order valence-corrected chi connectivity index (χ3v) is 6.34. The molecule has 0 atom stereocenters. The minimum Gasteiger partial charge on any atom is -0.497 e. The van der Waals surface area contributed by atoms with Crippen LogP contribution in [0.2, 0.25) is 0 Å². The number of hydrogen-bond donors (Lipinski definition) is 1. The van der Waals surface area contributed by atoms with Gasteiger partial charge in [-0.2, -0.15) is 0 Å². The maximum absolute atomic E-state index is 13.0. The molecule has 2 aromatic carbocycles. The van der Waals surface area contributed by atoms with E-state index >= 15 is 0 Å². The fourth-order valence-electron chi connectivity index (χ4n) is 2.60. The van der Waals surface area contributed by atoms with Gasteiger partial charge in [0.1, 0.15) is 23.0 Å². The van der Waals surface area contributed by atoms with Crippen molar-refractivity contribution in [1.29, 1.82) is 0 Å². The molecule has 9 nitrogen and oxygen atoms in total. The molecule has 29 heavy (non-hydrogen) atoms. The lowest BCUT2D eigenvalue weighted by Crippen LogP contribution is -2.15. The van der Waals surface area contributed by atoms with Crippen LogP contribution in [0.4, 0.5) is 5.13 Å². The average molecular weight is 437 g/mol. The van der Waals surface area contributed by atoms with Crippen molar-refractivity contribution in [2.45, 2.75) is 4.90 Å². The Kier molecular flexibility index (Phi) is 6.09. The molecular weight excluding hydrogens is 418 g/mol. The first-order valence-corrected chi connectivity index (χ1v) is 10.5. The molecule has 0 fully saturated rings. The zero-order chi connectivity index (χ0) is 21.0. The number of anilines is 1. The third kappa shape index (κ3) is 4.20. The summed E-state index contributed by atoms with van der Waals surface area (Å²) >= 11 is 1.05. The maximum atomic E-state index is 13.0. The first kappa shape index (κ1) is 20.7. The van der Waals surface area contributed by atoms with Gasteiger partial charge < -0.3 is 18.9 Å². The van der Waals surface area contributed by atoms with E-state index in [-0.39, 0.29) is 21.5 Å². The van der Waals surface area contributed by atoms with E-state index in [0.717, 1.165) is 11.3 Å². The minimum absolute atomic E-state index is 0.0813. The average Bonchev–Trinajstić information content (AvgIpc) is 3.19. The van der Waals surface area contributed by atoms with E-state index in [4.69, 9.17) is 18.9 Å². The highest BCUT2D eigenvalue weighted by Gasteiger charge is 2.26. The smallest absolute Gasteiger partial charge is 0.271 e. The molecule has 0 saturated carbocycles. The molecule has 0 aliphatic rings. The van der Waals surface area contributed by atoms with E-state index in [1.165, 1.54) is 33.5 Å². The van der Waals surface area contributed by atoms with Gasteiger partial charge >= 0.3 is 0 Å². The lowest BCUT2D eigenvalue weighted by molar-refractivity contribution is 0.373. The SMILES string of the molecule is COc1ccc(OC)c(-c2nnc(NS(=O)(=O)c3c(OC)cccc3OC)s2)c1. The van der Waals surface area contributed by atoms with E-state index in [9.17, 15) is 8.42 Å². The van der Waals surface area contributed by atoms with E-state index in [1.807, 2.05) is 0 Å². The van der Waals surface area contributed by atoms with Crippen LogP contribution in [0.15, 0.2) is 41.3 Å². The van der Waals surface area contributed by atoms with Crippen LogP contribution in [0.25, 0.3) is 10.6 Å². The summed E-state index contributed by atoms with van der Waals surface area (Å²) in [5, 5.41) is 8.57. The molecule has 1 aromatic heterocycles. The summed E-state index contributed by atoms with van der Waals surface area (Å²) in [6, 6.07) is 9.92. The molecule has 0 amide bonds. The number of aromatic nitrogens is 2. The summed E-state index contributed by atoms with van der Waals surface area (Å²) in [6.45, 7) is 0. The van der Waals surface area contributed by atoms with Gasteiger partial charge in [0.2, 0.25) is 5.13 Å². The minimum atomic E-state index is -4.04. The van der Waals surface area contributed by atoms with Crippen molar-refractivity contribution in [2.24, 2.45) is 0 Å². The van der Waals surface area contributed by atoms with Crippen molar-refractivity contribution in [3.63, 3.8) is 0 Å². The van der Waals surface area contributed by atoms with Crippen molar-refractivity contribution in [2.75, 3.05) is 33.2 Å². The fourth-order valence-corrected chi connectivity index (χ4v) is 4.92. The quantitative estimate of drug-likeness (QED) is 0.573. The molecule has 1 N–H and O–H groups in total. The Hall–Kier alpha value is -3.05. The van der Waals surface area contributed by atoms with E-state index in [2.05, 4.69) is 14.9 Å². The predicted octanol–water partition coefficient (Wildman–Crippen LogP) is 3.04. The standard InChI is InChI=1S/C18H19N3O6S2/c1-24-11-8-9-13(25-2)12(10-11)17-19-20-18(28-17)21-29(22,23)16-14(26-3)6-5-7-15(16)27-4/h5-10H,1-4H3,(H,20,21). The van der Waals surface area contributed by atoms with E-state index < -0.39 is 10.0 Å². The summed E-state index contributed by atoms with van der Waals surface area (Å²) < 4.78 is 49.3. The number of benzene rings is 2. The number of nitrogens with zero attached hydrogens (tertiary/aromatic N) is 2.